The van der Waals surface area contributed by atoms with Crippen molar-refractivity contribution in [2.75, 3.05) is 0 Å². The van der Waals surface area contributed by atoms with Crippen molar-refractivity contribution in [3.63, 3.8) is 0 Å². The van der Waals surface area contributed by atoms with Crippen molar-refractivity contribution in [2.45, 2.75) is 0 Å². The molecule has 0 aliphatic rings. The number of ketones is 2. The Bertz CT molecular complexity index is 471. The average Bonchev–Trinajstić information content (AvgIpc) is 2.40. The molecule has 0 radical (unpaired) electrons. The Balaban J connectivity index is 0.00000162. The number of rotatable bonds is 4. The van der Waals surface area contributed by atoms with Gasteiger partial charge in [0.1, 0.15) is 0 Å². The van der Waals surface area contributed by atoms with E-state index in [1.807, 2.05) is 12.1 Å². The quantitative estimate of drug-likeness (QED) is 0.325. The van der Waals surface area contributed by atoms with Crippen LogP contribution in [-0.4, -0.2) is 38.9 Å². The largest absolute Gasteiger partial charge is 1.00 e. The van der Waals surface area contributed by atoms with E-state index < -0.39 is 0 Å². The number of hydrogen-bond acceptors (Lipinski definition) is 2. The van der Waals surface area contributed by atoms with Gasteiger partial charge >= 0.3 is 27.3 Å². The molecule has 0 aromatic heterocycles. The first-order valence-corrected chi connectivity index (χ1v) is 5.31. The molecule has 0 heterocycles. The van der Waals surface area contributed by atoms with Crippen LogP contribution in [0, 0.1) is 6.42 Å². The van der Waals surface area contributed by atoms with Crippen LogP contribution >= 0.6 is 0 Å². The van der Waals surface area contributed by atoms with Crippen molar-refractivity contribution >= 4 is 38.9 Å². The van der Waals surface area contributed by atoms with E-state index in [-0.39, 0.29) is 38.9 Å². The van der Waals surface area contributed by atoms with Gasteiger partial charge in [0.25, 0.3) is 0 Å². The molecule has 0 saturated heterocycles. The van der Waals surface area contributed by atoms with Crippen molar-refractivity contribution in [2.24, 2.45) is 0 Å². The molecule has 0 spiro atoms. The molecule has 0 bridgehead atoms. The molecule has 0 N–H and O–H groups in total. The van der Waals surface area contributed by atoms with Gasteiger partial charge in [-0.15, -0.1) is 24.3 Å². The van der Waals surface area contributed by atoms with Crippen molar-refractivity contribution in [1.29, 1.82) is 0 Å². The third-order valence-electron chi connectivity index (χ3n) is 2.38. The van der Waals surface area contributed by atoms with Crippen molar-refractivity contribution in [3.8, 4) is 0 Å². The number of carbonyl (C=O) groups is 2. The molecule has 0 fully saturated rings. The second-order valence-electron chi connectivity index (χ2n) is 3.60. The summed E-state index contributed by atoms with van der Waals surface area (Å²) < 4.78 is 0. The van der Waals surface area contributed by atoms with Crippen LogP contribution in [-0.2, 0) is 0 Å². The van der Waals surface area contributed by atoms with E-state index in [1.54, 1.807) is 48.5 Å². The Labute approximate surface area is 126 Å². The summed E-state index contributed by atoms with van der Waals surface area (Å²) in [5.41, 5.74) is 1.05. The summed E-state index contributed by atoms with van der Waals surface area (Å²) in [6.07, 6.45) is 1.13. The zero-order valence-electron chi connectivity index (χ0n) is 9.74. The Morgan fingerprint density at radius 3 is 1.33 bits per heavy atom. The van der Waals surface area contributed by atoms with Crippen LogP contribution in [0.1, 0.15) is 20.7 Å². The van der Waals surface area contributed by atoms with Gasteiger partial charge in [-0.1, -0.05) is 53.9 Å². The topological polar surface area (TPSA) is 34.1 Å². The minimum Gasteiger partial charge on any atom is -0.318 e. The number of benzene rings is 2. The zero-order chi connectivity index (χ0) is 12.1. The van der Waals surface area contributed by atoms with E-state index in [0.29, 0.717) is 11.1 Å². The van der Waals surface area contributed by atoms with Gasteiger partial charge in [-0.05, 0) is 0 Å². The molecular formula is C15H11O2Tl. The van der Waals surface area contributed by atoms with Crippen LogP contribution in [0.15, 0.2) is 60.7 Å². The smallest absolute Gasteiger partial charge is 0.318 e. The molecule has 0 amide bonds. The molecule has 0 aliphatic heterocycles. The zero-order valence-corrected chi connectivity index (χ0v) is 14.2. The number of hydrogen-bond donors (Lipinski definition) is 0. The normalized spacial score (nSPS) is 9.11. The van der Waals surface area contributed by atoms with E-state index in [9.17, 15) is 9.59 Å². The summed E-state index contributed by atoms with van der Waals surface area (Å²) in [4.78, 5) is 23.5. The predicted molar refractivity (Wildman–Crippen MR) is 71.6 cm³/mol. The van der Waals surface area contributed by atoms with Crippen LogP contribution in [0.25, 0.3) is 0 Å². The molecule has 2 rings (SSSR count). The SMILES string of the molecule is O=C([CH-]C(=O)c1ccccc1)c1ccccc1.[Tl+]. The Morgan fingerprint density at radius 2 is 1.00 bits per heavy atom. The molecule has 2 aromatic rings. The van der Waals surface area contributed by atoms with E-state index >= 15 is 0 Å². The fourth-order valence-corrected chi connectivity index (χ4v) is 1.49. The maximum atomic E-state index is 11.8. The predicted octanol–water partition coefficient (Wildman–Crippen LogP) is 2.58. The van der Waals surface area contributed by atoms with Gasteiger partial charge in [-0.2, -0.15) is 0 Å². The molecular weight excluding hydrogens is 417 g/mol. The molecule has 0 unspecified atom stereocenters. The first-order valence-electron chi connectivity index (χ1n) is 5.31. The maximum absolute atomic E-state index is 11.8. The van der Waals surface area contributed by atoms with Crippen molar-refractivity contribution in [3.05, 3.63) is 78.2 Å². The summed E-state index contributed by atoms with van der Waals surface area (Å²) in [6, 6.07) is 17.5. The van der Waals surface area contributed by atoms with E-state index in [1.165, 1.54) is 0 Å². The van der Waals surface area contributed by atoms with Gasteiger partial charge in [-0.3, -0.25) is 0 Å². The van der Waals surface area contributed by atoms with Crippen LogP contribution in [0.4, 0.5) is 0 Å². The van der Waals surface area contributed by atoms with Crippen LogP contribution in [0.2, 0.25) is 0 Å². The summed E-state index contributed by atoms with van der Waals surface area (Å²) in [5, 5.41) is 0. The van der Waals surface area contributed by atoms with Gasteiger partial charge in [-0.25, -0.2) is 0 Å². The Hall–Kier alpha value is -1.43. The molecule has 18 heavy (non-hydrogen) atoms. The maximum Gasteiger partial charge on any atom is 1.00 e. The van der Waals surface area contributed by atoms with Crippen LogP contribution < -0.4 is 0 Å². The minimum atomic E-state index is -0.264. The monoisotopic (exact) mass is 428 g/mol. The van der Waals surface area contributed by atoms with Gasteiger partial charge in [0.05, 0.1) is 11.6 Å². The van der Waals surface area contributed by atoms with Gasteiger partial charge in [0.2, 0.25) is 0 Å². The second-order valence-corrected chi connectivity index (χ2v) is 3.60. The van der Waals surface area contributed by atoms with E-state index in [0.717, 1.165) is 6.42 Å². The Morgan fingerprint density at radius 1 is 0.667 bits per heavy atom. The molecule has 86 valence electrons. The first-order chi connectivity index (χ1) is 8.27. The summed E-state index contributed by atoms with van der Waals surface area (Å²) in [5.74, 6) is -0.529. The third-order valence-corrected chi connectivity index (χ3v) is 2.38. The van der Waals surface area contributed by atoms with Crippen molar-refractivity contribution < 1.29 is 9.59 Å². The standard InChI is InChI=1S/C15H11O2.Tl/c16-14(12-7-3-1-4-8-12)11-15(17)13-9-5-2-6-10-13;/h1-11H;/q-1;+1. The Kier molecular flexibility index (Phi) is 5.78. The minimum absolute atomic E-state index is 0. The third kappa shape index (κ3) is 3.80. The van der Waals surface area contributed by atoms with E-state index in [2.05, 4.69) is 0 Å². The fourth-order valence-electron chi connectivity index (χ4n) is 1.49. The molecule has 2 aromatic carbocycles. The second kappa shape index (κ2) is 7.11. The molecule has 3 heteroatoms. The summed E-state index contributed by atoms with van der Waals surface area (Å²) in [7, 11) is 0. The van der Waals surface area contributed by atoms with Crippen molar-refractivity contribution in [1.82, 2.24) is 0 Å². The molecule has 0 aliphatic carbocycles. The number of Topliss-reactive ketones (excluding diaryl/α,β-unsaturated/α-hetero) is 2. The van der Waals surface area contributed by atoms with Gasteiger partial charge in [0.15, 0.2) is 0 Å². The molecule has 2 nitrogen and oxygen atoms in total. The summed E-state index contributed by atoms with van der Waals surface area (Å²) in [6.45, 7) is 0. The van der Waals surface area contributed by atoms with Crippen LogP contribution in [0.3, 0.4) is 0 Å². The molecule has 0 saturated carbocycles. The van der Waals surface area contributed by atoms with E-state index in [4.69, 9.17) is 0 Å². The average molecular weight is 428 g/mol. The van der Waals surface area contributed by atoms with Gasteiger partial charge < -0.3 is 9.59 Å². The summed E-state index contributed by atoms with van der Waals surface area (Å²) >= 11 is 0. The number of carbonyl (C=O) groups excluding carboxylic acids is 2. The van der Waals surface area contributed by atoms with Crippen LogP contribution in [0.5, 0.6) is 0 Å². The fraction of sp³-hybridized carbons (Fsp3) is 0. The van der Waals surface area contributed by atoms with Gasteiger partial charge in [0, 0.05) is 0 Å². The molecule has 0 atom stereocenters. The first kappa shape index (κ1) is 14.6.